The lowest BCUT2D eigenvalue weighted by molar-refractivity contribution is -0.155. The minimum Gasteiger partial charge on any atom is -0.457 e. The van der Waals surface area contributed by atoms with Gasteiger partial charge < -0.3 is 14.6 Å². The van der Waals surface area contributed by atoms with Crippen molar-refractivity contribution in [3.05, 3.63) is 48.0 Å². The van der Waals surface area contributed by atoms with Crippen LogP contribution >= 0.6 is 0 Å². The summed E-state index contributed by atoms with van der Waals surface area (Å²) in [5, 5.41) is 9.41. The zero-order valence-electron chi connectivity index (χ0n) is 20.3. The summed E-state index contributed by atoms with van der Waals surface area (Å²) in [5.41, 5.74) is 1.06. The van der Waals surface area contributed by atoms with Crippen LogP contribution in [0.15, 0.2) is 42.5 Å². The molecule has 0 fully saturated rings. The number of ether oxygens (including phenoxy) is 2. The fourth-order valence-corrected chi connectivity index (χ4v) is 3.59. The third kappa shape index (κ3) is 17.0. The van der Waals surface area contributed by atoms with Gasteiger partial charge in [-0.1, -0.05) is 101 Å². The number of hydrogen-bond acceptors (Lipinski definition) is 4. The molecular weight excluding hydrogens is 400 g/mol. The van der Waals surface area contributed by atoms with E-state index in [9.17, 15) is 9.90 Å². The highest BCUT2D eigenvalue weighted by atomic mass is 16.6. The van der Waals surface area contributed by atoms with E-state index in [4.69, 9.17) is 9.47 Å². The Morgan fingerprint density at radius 2 is 1.47 bits per heavy atom. The van der Waals surface area contributed by atoms with Crippen molar-refractivity contribution < 1.29 is 19.4 Å². The molecule has 0 spiro atoms. The Kier molecular flexibility index (Phi) is 18.8. The highest BCUT2D eigenvalue weighted by molar-refractivity contribution is 5.69. The summed E-state index contributed by atoms with van der Waals surface area (Å²) in [4.78, 5) is 12.0. The van der Waals surface area contributed by atoms with E-state index in [1.54, 1.807) is 0 Å². The number of aliphatic hydroxyl groups excluding tert-OH is 1. The van der Waals surface area contributed by atoms with Crippen molar-refractivity contribution in [1.82, 2.24) is 0 Å². The third-order valence-electron chi connectivity index (χ3n) is 5.56. The van der Waals surface area contributed by atoms with Gasteiger partial charge in [0.15, 0.2) is 0 Å². The number of rotatable bonds is 21. The van der Waals surface area contributed by atoms with Gasteiger partial charge in [0, 0.05) is 6.42 Å². The van der Waals surface area contributed by atoms with Crippen LogP contribution in [0.2, 0.25) is 0 Å². The number of allylic oxidation sites excluding steroid dienone is 2. The molecule has 1 rings (SSSR count). The predicted octanol–water partition coefficient (Wildman–Crippen LogP) is 7.14. The minimum absolute atomic E-state index is 0.212. The lowest BCUT2D eigenvalue weighted by Crippen LogP contribution is -2.27. The molecule has 0 saturated carbocycles. The molecule has 0 heterocycles. The molecule has 1 atom stereocenters. The van der Waals surface area contributed by atoms with Crippen LogP contribution in [0.3, 0.4) is 0 Å². The van der Waals surface area contributed by atoms with Crippen LogP contribution in [0.4, 0.5) is 0 Å². The van der Waals surface area contributed by atoms with E-state index < -0.39 is 6.10 Å². The molecule has 0 radical (unpaired) electrons. The van der Waals surface area contributed by atoms with Crippen LogP contribution in [0, 0.1) is 0 Å². The lowest BCUT2D eigenvalue weighted by atomic mass is 10.1. The van der Waals surface area contributed by atoms with Gasteiger partial charge in [0.05, 0.1) is 19.8 Å². The van der Waals surface area contributed by atoms with Gasteiger partial charge in [-0.2, -0.15) is 0 Å². The van der Waals surface area contributed by atoms with E-state index in [1.165, 1.54) is 64.2 Å². The van der Waals surface area contributed by atoms with Gasteiger partial charge in [-0.3, -0.25) is 4.79 Å². The summed E-state index contributed by atoms with van der Waals surface area (Å²) in [6.07, 6.45) is 20.5. The van der Waals surface area contributed by atoms with Gasteiger partial charge >= 0.3 is 5.97 Å². The second kappa shape index (κ2) is 21.2. The van der Waals surface area contributed by atoms with Crippen LogP contribution < -0.4 is 0 Å². The second-order valence-electron chi connectivity index (χ2n) is 8.63. The molecule has 0 amide bonds. The number of hydrogen-bond donors (Lipinski definition) is 1. The van der Waals surface area contributed by atoms with Gasteiger partial charge in [0.2, 0.25) is 0 Å². The number of benzene rings is 1. The van der Waals surface area contributed by atoms with Crippen molar-refractivity contribution in [2.24, 2.45) is 0 Å². The van der Waals surface area contributed by atoms with E-state index in [0.717, 1.165) is 24.8 Å². The van der Waals surface area contributed by atoms with E-state index in [2.05, 4.69) is 19.1 Å². The molecule has 0 aliphatic carbocycles. The molecule has 0 aliphatic heterocycles. The molecule has 32 heavy (non-hydrogen) atoms. The molecule has 0 unspecified atom stereocenters. The first-order valence-electron chi connectivity index (χ1n) is 12.8. The number of aliphatic hydroxyl groups is 1. The van der Waals surface area contributed by atoms with Crippen molar-refractivity contribution in [3.8, 4) is 0 Å². The van der Waals surface area contributed by atoms with Crippen molar-refractivity contribution in [2.75, 3.05) is 13.2 Å². The number of unbranched alkanes of at least 4 members (excludes halogenated alkanes) is 11. The highest BCUT2D eigenvalue weighted by Gasteiger charge is 2.13. The smallest absolute Gasteiger partial charge is 0.306 e. The molecule has 0 bridgehead atoms. The van der Waals surface area contributed by atoms with E-state index in [0.29, 0.717) is 13.0 Å². The average Bonchev–Trinajstić information content (AvgIpc) is 2.81. The monoisotopic (exact) mass is 446 g/mol. The third-order valence-corrected chi connectivity index (χ3v) is 5.56. The van der Waals surface area contributed by atoms with Gasteiger partial charge in [0.25, 0.3) is 0 Å². The zero-order valence-corrected chi connectivity index (χ0v) is 20.3. The maximum Gasteiger partial charge on any atom is 0.306 e. The summed E-state index contributed by atoms with van der Waals surface area (Å²) < 4.78 is 10.9. The molecule has 0 aliphatic rings. The molecule has 4 nitrogen and oxygen atoms in total. The van der Waals surface area contributed by atoms with Crippen molar-refractivity contribution in [3.63, 3.8) is 0 Å². The Labute approximate surface area is 196 Å². The SMILES string of the molecule is CCCCCCCC/C=C\CCCCCCCC(=O)O[C@H](CO)COCc1ccccc1. The molecule has 1 N–H and O–H groups in total. The zero-order chi connectivity index (χ0) is 23.1. The van der Waals surface area contributed by atoms with Gasteiger partial charge in [-0.15, -0.1) is 0 Å². The van der Waals surface area contributed by atoms with E-state index in [-0.39, 0.29) is 19.2 Å². The molecule has 1 aromatic rings. The van der Waals surface area contributed by atoms with Gasteiger partial charge in [0.1, 0.15) is 6.10 Å². The van der Waals surface area contributed by atoms with Crippen LogP contribution in [0.1, 0.15) is 102 Å². The van der Waals surface area contributed by atoms with Crippen LogP contribution in [0.25, 0.3) is 0 Å². The molecule has 1 aromatic carbocycles. The van der Waals surface area contributed by atoms with Crippen molar-refractivity contribution >= 4 is 5.97 Å². The normalized spacial score (nSPS) is 12.3. The highest BCUT2D eigenvalue weighted by Crippen LogP contribution is 2.11. The first-order chi connectivity index (χ1) is 15.8. The summed E-state index contributed by atoms with van der Waals surface area (Å²) in [5.74, 6) is -0.245. The summed E-state index contributed by atoms with van der Waals surface area (Å²) in [7, 11) is 0. The fourth-order valence-electron chi connectivity index (χ4n) is 3.59. The van der Waals surface area contributed by atoms with Gasteiger partial charge in [-0.05, 0) is 37.7 Å². The largest absolute Gasteiger partial charge is 0.457 e. The van der Waals surface area contributed by atoms with Crippen LogP contribution in [-0.2, 0) is 20.9 Å². The average molecular weight is 447 g/mol. The Morgan fingerprint density at radius 3 is 2.09 bits per heavy atom. The maximum atomic E-state index is 12.0. The predicted molar refractivity (Wildman–Crippen MR) is 133 cm³/mol. The summed E-state index contributed by atoms with van der Waals surface area (Å²) >= 11 is 0. The fraction of sp³-hybridized carbons (Fsp3) is 0.679. The van der Waals surface area contributed by atoms with E-state index in [1.807, 2.05) is 30.3 Å². The Bertz CT molecular complexity index is 570. The van der Waals surface area contributed by atoms with Gasteiger partial charge in [-0.25, -0.2) is 0 Å². The molecule has 0 aromatic heterocycles. The first kappa shape index (κ1) is 28.4. The van der Waals surface area contributed by atoms with E-state index >= 15 is 0 Å². The molecular formula is C28H46O4. The Balaban J connectivity index is 1.92. The number of carbonyl (C=O) groups is 1. The Hall–Kier alpha value is -1.65. The maximum absolute atomic E-state index is 12.0. The second-order valence-corrected chi connectivity index (χ2v) is 8.63. The Morgan fingerprint density at radius 1 is 0.875 bits per heavy atom. The topological polar surface area (TPSA) is 55.8 Å². The molecule has 182 valence electrons. The lowest BCUT2D eigenvalue weighted by Gasteiger charge is -2.16. The molecule has 0 saturated heterocycles. The quantitative estimate of drug-likeness (QED) is 0.124. The minimum atomic E-state index is -0.589. The van der Waals surface area contributed by atoms with Crippen molar-refractivity contribution in [1.29, 1.82) is 0 Å². The summed E-state index contributed by atoms with van der Waals surface area (Å²) in [6.45, 7) is 2.70. The summed E-state index contributed by atoms with van der Waals surface area (Å²) in [6, 6.07) is 9.82. The van der Waals surface area contributed by atoms with Crippen LogP contribution in [0.5, 0.6) is 0 Å². The standard InChI is InChI=1S/C28H46O4/c1-2-3-4-5-6-7-8-9-10-11-12-13-14-15-19-22-28(30)32-27(23-29)25-31-24-26-20-17-16-18-21-26/h9-10,16-18,20-21,27,29H,2-8,11-15,19,22-25H2,1H3/b10-9-/t27-/m1/s1. The molecule has 4 heteroatoms. The van der Waals surface area contributed by atoms with Crippen LogP contribution in [-0.4, -0.2) is 30.4 Å². The number of esters is 1. The van der Waals surface area contributed by atoms with Crippen molar-refractivity contribution in [2.45, 2.75) is 110 Å². The number of carbonyl (C=O) groups excluding carboxylic acids is 1. The first-order valence-corrected chi connectivity index (χ1v) is 12.8.